The van der Waals surface area contributed by atoms with Crippen LogP contribution in [0, 0.1) is 0 Å². The van der Waals surface area contributed by atoms with Gasteiger partial charge in [0.15, 0.2) is 0 Å². The van der Waals surface area contributed by atoms with Crippen molar-refractivity contribution in [3.05, 3.63) is 131 Å². The Labute approximate surface area is 231 Å². The van der Waals surface area contributed by atoms with Gasteiger partial charge in [-0.2, -0.15) is 0 Å². The van der Waals surface area contributed by atoms with E-state index in [1.165, 1.54) is 22.3 Å². The van der Waals surface area contributed by atoms with Crippen LogP contribution in [0.5, 0.6) is 11.5 Å². The molecule has 7 heteroatoms. The predicted octanol–water partition coefficient (Wildman–Crippen LogP) is 4.98. The molecule has 5 rings (SSSR count). The van der Waals surface area contributed by atoms with Gasteiger partial charge in [0.2, 0.25) is 0 Å². The van der Waals surface area contributed by atoms with E-state index in [0.717, 1.165) is 23.3 Å². The number of carbonyl (C=O) groups excluding carboxylic acids is 1. The second kappa shape index (κ2) is 11.9. The number of carboxylic acid groups (broad SMARTS) is 1. The number of carbonyl (C=O) groups is 2. The highest BCUT2D eigenvalue weighted by Crippen LogP contribution is 2.56. The van der Waals surface area contributed by atoms with Crippen molar-refractivity contribution in [2.75, 3.05) is 26.4 Å². The number of esters is 1. The van der Waals surface area contributed by atoms with Gasteiger partial charge >= 0.3 is 11.9 Å². The van der Waals surface area contributed by atoms with Gasteiger partial charge in [-0.05, 0) is 57.6 Å². The molecule has 0 amide bonds. The highest BCUT2D eigenvalue weighted by molar-refractivity contribution is 5.90. The van der Waals surface area contributed by atoms with E-state index >= 15 is 0 Å². The molecule has 0 spiro atoms. The molecule has 0 saturated carbocycles. The van der Waals surface area contributed by atoms with Gasteiger partial charge in [0.05, 0.1) is 12.0 Å². The van der Waals surface area contributed by atoms with E-state index in [1.54, 1.807) is 0 Å². The van der Waals surface area contributed by atoms with E-state index in [4.69, 9.17) is 24.4 Å². The summed E-state index contributed by atoms with van der Waals surface area (Å²) in [7, 11) is 0. The summed E-state index contributed by atoms with van der Waals surface area (Å²) in [6.07, 6.45) is 1.59. The molecule has 0 unspecified atom stereocenters. The molecule has 1 aliphatic rings. The number of rotatable bonds is 11. The van der Waals surface area contributed by atoms with Gasteiger partial charge in [0.1, 0.15) is 31.3 Å². The van der Waals surface area contributed by atoms with Crippen LogP contribution in [0.15, 0.2) is 109 Å². The Morgan fingerprint density at radius 1 is 0.650 bits per heavy atom. The maximum atomic E-state index is 11.5. The van der Waals surface area contributed by atoms with E-state index in [2.05, 4.69) is 60.7 Å². The smallest absolute Gasteiger partial charge is 0.331 e. The minimum absolute atomic E-state index is 0.0140. The fraction of sp³-hybridized carbons (Fsp3) is 0.152. The first-order valence-corrected chi connectivity index (χ1v) is 12.9. The van der Waals surface area contributed by atoms with E-state index in [1.807, 2.05) is 36.4 Å². The zero-order valence-corrected chi connectivity index (χ0v) is 21.7. The van der Waals surface area contributed by atoms with Gasteiger partial charge < -0.3 is 24.4 Å². The third kappa shape index (κ3) is 5.19. The lowest BCUT2D eigenvalue weighted by atomic mass is 9.68. The summed E-state index contributed by atoms with van der Waals surface area (Å²) in [6, 6.07) is 32.8. The van der Waals surface area contributed by atoms with Gasteiger partial charge in [-0.3, -0.25) is 0 Å². The van der Waals surface area contributed by atoms with Crippen LogP contribution in [-0.2, 0) is 19.7 Å². The third-order valence-corrected chi connectivity index (χ3v) is 6.85. The Kier molecular flexibility index (Phi) is 7.94. The summed E-state index contributed by atoms with van der Waals surface area (Å²) >= 11 is 0. The van der Waals surface area contributed by atoms with Gasteiger partial charge in [-0.25, -0.2) is 9.59 Å². The Hall–Kier alpha value is -4.88. The average molecular weight is 537 g/mol. The van der Waals surface area contributed by atoms with Crippen LogP contribution in [0.25, 0.3) is 11.1 Å². The Morgan fingerprint density at radius 2 is 1.15 bits per heavy atom. The molecule has 0 heterocycles. The standard InChI is InChI=1S/C33H28O7/c34-19-20-38-25-13-9-23(10-14-25)33(29-7-3-1-5-27(29)28-6-2-4-8-30(28)33)24-11-15-26(16-12-24)39-21-22-40-32(37)18-17-31(35)36/h1-18,34H,19-22H2,(H,35,36)/b18-17+. The highest BCUT2D eigenvalue weighted by Gasteiger charge is 2.45. The second-order valence-electron chi connectivity index (χ2n) is 9.15. The number of fused-ring (bicyclic) bond motifs is 3. The summed E-state index contributed by atoms with van der Waals surface area (Å²) < 4.78 is 16.4. The zero-order valence-electron chi connectivity index (χ0n) is 21.7. The molecular weight excluding hydrogens is 508 g/mol. The lowest BCUT2D eigenvalue weighted by Crippen LogP contribution is -2.28. The summed E-state index contributed by atoms with van der Waals surface area (Å²) in [5, 5.41) is 17.7. The molecule has 0 aliphatic heterocycles. The zero-order chi connectivity index (χ0) is 28.0. The fourth-order valence-electron chi connectivity index (χ4n) is 5.28. The number of benzene rings is 4. The molecule has 0 radical (unpaired) electrons. The van der Waals surface area contributed by atoms with Gasteiger partial charge in [-0.1, -0.05) is 72.8 Å². The summed E-state index contributed by atoms with van der Waals surface area (Å²) in [6.45, 7) is 0.291. The molecule has 2 N–H and O–H groups in total. The largest absolute Gasteiger partial charge is 0.491 e. The van der Waals surface area contributed by atoms with Crippen molar-refractivity contribution >= 4 is 11.9 Å². The topological polar surface area (TPSA) is 102 Å². The van der Waals surface area contributed by atoms with Crippen molar-refractivity contribution in [1.29, 1.82) is 0 Å². The normalized spacial score (nSPS) is 12.9. The first kappa shape index (κ1) is 26.7. The monoisotopic (exact) mass is 536 g/mol. The molecule has 0 fully saturated rings. The minimum atomic E-state index is -1.22. The van der Waals surface area contributed by atoms with Crippen molar-refractivity contribution in [3.63, 3.8) is 0 Å². The Bertz CT molecular complexity index is 1480. The van der Waals surface area contributed by atoms with Crippen molar-refractivity contribution in [3.8, 4) is 22.6 Å². The van der Waals surface area contributed by atoms with E-state index in [9.17, 15) is 9.59 Å². The molecule has 202 valence electrons. The number of ether oxygens (including phenoxy) is 3. The number of hydrogen-bond donors (Lipinski definition) is 2. The maximum absolute atomic E-state index is 11.5. The summed E-state index contributed by atoms with van der Waals surface area (Å²) in [4.78, 5) is 22.1. The Balaban J connectivity index is 1.46. The molecule has 4 aromatic carbocycles. The molecular formula is C33H28O7. The first-order chi connectivity index (χ1) is 19.5. The maximum Gasteiger partial charge on any atom is 0.331 e. The molecule has 0 atom stereocenters. The molecule has 0 bridgehead atoms. The highest BCUT2D eigenvalue weighted by atomic mass is 16.6. The van der Waals surface area contributed by atoms with Crippen molar-refractivity contribution in [2.45, 2.75) is 5.41 Å². The second-order valence-corrected chi connectivity index (χ2v) is 9.15. The lowest BCUT2D eigenvalue weighted by molar-refractivity contribution is -0.139. The molecule has 0 aromatic heterocycles. The Morgan fingerprint density at radius 3 is 1.65 bits per heavy atom. The summed E-state index contributed by atoms with van der Waals surface area (Å²) in [5.41, 5.74) is 6.27. The van der Waals surface area contributed by atoms with E-state index in [-0.39, 0.29) is 26.4 Å². The van der Waals surface area contributed by atoms with Crippen molar-refractivity contribution < 1.29 is 34.0 Å². The van der Waals surface area contributed by atoms with E-state index < -0.39 is 17.4 Å². The minimum Gasteiger partial charge on any atom is -0.491 e. The van der Waals surface area contributed by atoms with Crippen LogP contribution in [0.3, 0.4) is 0 Å². The molecule has 1 aliphatic carbocycles. The number of hydrogen-bond acceptors (Lipinski definition) is 6. The van der Waals surface area contributed by atoms with Crippen LogP contribution in [-0.4, -0.2) is 48.6 Å². The fourth-order valence-corrected chi connectivity index (χ4v) is 5.28. The predicted molar refractivity (Wildman–Crippen MR) is 150 cm³/mol. The number of aliphatic hydroxyl groups excluding tert-OH is 1. The van der Waals surface area contributed by atoms with Crippen molar-refractivity contribution in [1.82, 2.24) is 0 Å². The van der Waals surface area contributed by atoms with Crippen LogP contribution >= 0.6 is 0 Å². The first-order valence-electron chi connectivity index (χ1n) is 12.9. The number of aliphatic carboxylic acids is 1. The van der Waals surface area contributed by atoms with Crippen molar-refractivity contribution in [2.24, 2.45) is 0 Å². The van der Waals surface area contributed by atoms with Crippen LogP contribution in [0.2, 0.25) is 0 Å². The summed E-state index contributed by atoms with van der Waals surface area (Å²) in [5.74, 6) is -0.655. The SMILES string of the molecule is O=C(O)/C=C/C(=O)OCCOc1ccc(C2(c3ccc(OCCO)cc3)c3ccccc3-c3ccccc32)cc1. The van der Waals surface area contributed by atoms with Gasteiger partial charge in [0, 0.05) is 12.2 Å². The lowest BCUT2D eigenvalue weighted by Gasteiger charge is -2.34. The average Bonchev–Trinajstić information content (AvgIpc) is 3.29. The van der Waals surface area contributed by atoms with Crippen LogP contribution in [0.1, 0.15) is 22.3 Å². The number of carboxylic acids is 1. The van der Waals surface area contributed by atoms with Gasteiger partial charge in [-0.15, -0.1) is 0 Å². The molecule has 40 heavy (non-hydrogen) atoms. The molecule has 0 saturated heterocycles. The van der Waals surface area contributed by atoms with Crippen LogP contribution in [0.4, 0.5) is 0 Å². The van der Waals surface area contributed by atoms with Gasteiger partial charge in [0.25, 0.3) is 0 Å². The number of aliphatic hydroxyl groups is 1. The van der Waals surface area contributed by atoms with Crippen LogP contribution < -0.4 is 9.47 Å². The van der Waals surface area contributed by atoms with E-state index in [0.29, 0.717) is 11.5 Å². The molecule has 7 nitrogen and oxygen atoms in total. The quantitative estimate of drug-likeness (QED) is 0.139. The molecule has 4 aromatic rings. The third-order valence-electron chi connectivity index (χ3n) is 6.85.